The highest BCUT2D eigenvalue weighted by Crippen LogP contribution is 2.31. The van der Waals surface area contributed by atoms with E-state index in [1.807, 2.05) is 37.3 Å². The number of urea groups is 1. The number of amides is 4. The van der Waals surface area contributed by atoms with Gasteiger partial charge in [0.05, 0.1) is 12.8 Å². The second-order valence-corrected chi connectivity index (χ2v) is 6.70. The van der Waals surface area contributed by atoms with E-state index in [0.29, 0.717) is 17.0 Å². The summed E-state index contributed by atoms with van der Waals surface area (Å²) >= 11 is 0. The third kappa shape index (κ3) is 3.25. The van der Waals surface area contributed by atoms with Gasteiger partial charge in [-0.2, -0.15) is 0 Å². The predicted octanol–water partition coefficient (Wildman–Crippen LogP) is 3.82. The van der Waals surface area contributed by atoms with Gasteiger partial charge in [0.15, 0.2) is 0 Å². The Bertz CT molecular complexity index is 1180. The molecule has 0 atom stereocenters. The van der Waals surface area contributed by atoms with Crippen molar-refractivity contribution >= 4 is 40.4 Å². The highest BCUT2D eigenvalue weighted by molar-refractivity contribution is 6.39. The Morgan fingerprint density at radius 2 is 1.66 bits per heavy atom. The molecule has 0 aliphatic carbocycles. The van der Waals surface area contributed by atoms with Gasteiger partial charge >= 0.3 is 6.03 Å². The second-order valence-electron chi connectivity index (χ2n) is 6.70. The van der Waals surface area contributed by atoms with Crippen LogP contribution >= 0.6 is 0 Å². The molecule has 0 bridgehead atoms. The molecule has 1 aliphatic rings. The first-order valence-electron chi connectivity index (χ1n) is 9.03. The topological polar surface area (TPSA) is 75.7 Å². The average Bonchev–Trinajstić information content (AvgIpc) is 2.72. The van der Waals surface area contributed by atoms with E-state index in [0.717, 1.165) is 21.2 Å². The maximum atomic E-state index is 13.1. The molecule has 0 radical (unpaired) electrons. The molecular weight excluding hydrogens is 368 g/mol. The molecular formula is C23H18N2O4. The number of ether oxygens (including phenoxy) is 1. The minimum absolute atomic E-state index is 0.139. The predicted molar refractivity (Wildman–Crippen MR) is 111 cm³/mol. The van der Waals surface area contributed by atoms with Crippen molar-refractivity contribution in [2.75, 3.05) is 12.0 Å². The summed E-state index contributed by atoms with van der Waals surface area (Å²) in [4.78, 5) is 38.9. The van der Waals surface area contributed by atoms with Crippen molar-refractivity contribution in [2.24, 2.45) is 0 Å². The van der Waals surface area contributed by atoms with Gasteiger partial charge in [-0.25, -0.2) is 9.69 Å². The Hall–Kier alpha value is -3.93. The molecule has 0 aromatic heterocycles. The summed E-state index contributed by atoms with van der Waals surface area (Å²) in [6, 6.07) is 17.4. The molecule has 6 nitrogen and oxygen atoms in total. The summed E-state index contributed by atoms with van der Waals surface area (Å²) in [6.45, 7) is 1.91. The summed E-state index contributed by atoms with van der Waals surface area (Å²) in [5.74, 6) is -0.897. The summed E-state index contributed by atoms with van der Waals surface area (Å²) in [7, 11) is 1.52. The fraction of sp³-hybridized carbons (Fsp3) is 0.0870. The Kier molecular flexibility index (Phi) is 4.60. The summed E-state index contributed by atoms with van der Waals surface area (Å²) in [6.07, 6.45) is 1.48. The van der Waals surface area contributed by atoms with Gasteiger partial charge in [-0.3, -0.25) is 14.9 Å². The standard InChI is InChI=1S/C23H18N2O4/c1-14-7-10-16(11-8-14)25-22(27)19(21(26)24-23(25)28)13-18-17-6-4-3-5-15(17)9-12-20(18)29-2/h3-13H,1-2H3,(H,24,26,28)/b19-13+. The van der Waals surface area contributed by atoms with Crippen molar-refractivity contribution in [3.8, 4) is 5.75 Å². The maximum Gasteiger partial charge on any atom is 0.335 e. The van der Waals surface area contributed by atoms with Gasteiger partial charge in [-0.15, -0.1) is 0 Å². The zero-order valence-corrected chi connectivity index (χ0v) is 15.9. The van der Waals surface area contributed by atoms with Gasteiger partial charge in [0.25, 0.3) is 11.8 Å². The lowest BCUT2D eigenvalue weighted by atomic mass is 9.99. The number of aryl methyl sites for hydroxylation is 1. The largest absolute Gasteiger partial charge is 0.496 e. The number of carbonyl (C=O) groups is 3. The molecule has 3 aromatic rings. The van der Waals surface area contributed by atoms with E-state index in [1.54, 1.807) is 30.3 Å². The van der Waals surface area contributed by atoms with E-state index in [4.69, 9.17) is 4.74 Å². The van der Waals surface area contributed by atoms with Crippen LogP contribution in [0.4, 0.5) is 10.5 Å². The fourth-order valence-corrected chi connectivity index (χ4v) is 3.33. The molecule has 0 spiro atoms. The first-order chi connectivity index (χ1) is 14.0. The Labute approximate surface area is 167 Å². The third-order valence-corrected chi connectivity index (χ3v) is 4.83. The molecule has 0 unspecified atom stereocenters. The Morgan fingerprint density at radius 1 is 0.931 bits per heavy atom. The number of hydrogen-bond acceptors (Lipinski definition) is 4. The number of benzene rings is 3. The zero-order valence-electron chi connectivity index (χ0n) is 15.9. The average molecular weight is 386 g/mol. The number of rotatable bonds is 3. The lowest BCUT2D eigenvalue weighted by Gasteiger charge is -2.26. The first kappa shape index (κ1) is 18.4. The van der Waals surface area contributed by atoms with Gasteiger partial charge in [0, 0.05) is 5.56 Å². The molecule has 1 aliphatic heterocycles. The number of carbonyl (C=O) groups excluding carboxylic acids is 3. The van der Waals surface area contributed by atoms with Gasteiger partial charge < -0.3 is 4.74 Å². The lowest BCUT2D eigenvalue weighted by Crippen LogP contribution is -2.54. The van der Waals surface area contributed by atoms with Crippen molar-refractivity contribution in [3.63, 3.8) is 0 Å². The number of fused-ring (bicyclic) bond motifs is 1. The maximum absolute atomic E-state index is 13.1. The van der Waals surface area contributed by atoms with Gasteiger partial charge in [-0.1, -0.05) is 48.0 Å². The molecule has 144 valence electrons. The molecule has 4 rings (SSSR count). The van der Waals surface area contributed by atoms with Crippen molar-refractivity contribution < 1.29 is 19.1 Å². The Morgan fingerprint density at radius 3 is 2.38 bits per heavy atom. The Balaban J connectivity index is 1.86. The van der Waals surface area contributed by atoms with E-state index in [1.165, 1.54) is 13.2 Å². The van der Waals surface area contributed by atoms with Crippen LogP contribution in [0.3, 0.4) is 0 Å². The highest BCUT2D eigenvalue weighted by atomic mass is 16.5. The number of nitrogens with one attached hydrogen (secondary N) is 1. The monoisotopic (exact) mass is 386 g/mol. The van der Waals surface area contributed by atoms with E-state index in [2.05, 4.69) is 5.32 Å². The van der Waals surface area contributed by atoms with Crippen LogP contribution in [0.25, 0.3) is 16.8 Å². The molecule has 1 saturated heterocycles. The van der Waals surface area contributed by atoms with Crippen LogP contribution in [-0.4, -0.2) is 25.0 Å². The van der Waals surface area contributed by atoms with Crippen LogP contribution < -0.4 is 15.0 Å². The lowest BCUT2D eigenvalue weighted by molar-refractivity contribution is -0.122. The third-order valence-electron chi connectivity index (χ3n) is 4.83. The molecule has 3 aromatic carbocycles. The van der Waals surface area contributed by atoms with Gasteiger partial charge in [-0.05, 0) is 42.0 Å². The summed E-state index contributed by atoms with van der Waals surface area (Å²) in [5, 5.41) is 4.02. The zero-order chi connectivity index (χ0) is 20.5. The van der Waals surface area contributed by atoms with E-state index >= 15 is 0 Å². The first-order valence-corrected chi connectivity index (χ1v) is 9.03. The molecule has 0 saturated carbocycles. The van der Waals surface area contributed by atoms with Crippen molar-refractivity contribution in [1.29, 1.82) is 0 Å². The van der Waals surface area contributed by atoms with Crippen LogP contribution in [0.5, 0.6) is 5.75 Å². The van der Waals surface area contributed by atoms with Gasteiger partial charge in [0.1, 0.15) is 11.3 Å². The minimum Gasteiger partial charge on any atom is -0.496 e. The number of nitrogens with zero attached hydrogens (tertiary/aromatic N) is 1. The summed E-state index contributed by atoms with van der Waals surface area (Å²) in [5.41, 5.74) is 1.84. The smallest absolute Gasteiger partial charge is 0.335 e. The second kappa shape index (κ2) is 7.24. The molecule has 4 amide bonds. The van der Waals surface area contributed by atoms with Crippen LogP contribution in [-0.2, 0) is 9.59 Å². The normalized spacial score (nSPS) is 15.7. The number of methoxy groups -OCH3 is 1. The quantitative estimate of drug-likeness (QED) is 0.548. The SMILES string of the molecule is COc1ccc2ccccc2c1/C=C1\C(=O)NC(=O)N(c2ccc(C)cc2)C1=O. The van der Waals surface area contributed by atoms with Crippen LogP contribution in [0.2, 0.25) is 0 Å². The number of anilines is 1. The number of imide groups is 2. The molecule has 1 fully saturated rings. The van der Waals surface area contributed by atoms with E-state index in [-0.39, 0.29) is 5.57 Å². The minimum atomic E-state index is -0.772. The number of hydrogen-bond donors (Lipinski definition) is 1. The molecule has 1 heterocycles. The van der Waals surface area contributed by atoms with E-state index < -0.39 is 17.8 Å². The van der Waals surface area contributed by atoms with Gasteiger partial charge in [0.2, 0.25) is 0 Å². The highest BCUT2D eigenvalue weighted by Gasteiger charge is 2.37. The van der Waals surface area contributed by atoms with Crippen molar-refractivity contribution in [1.82, 2.24) is 5.32 Å². The van der Waals surface area contributed by atoms with Crippen LogP contribution in [0, 0.1) is 6.92 Å². The van der Waals surface area contributed by atoms with Crippen molar-refractivity contribution in [3.05, 3.63) is 77.4 Å². The fourth-order valence-electron chi connectivity index (χ4n) is 3.33. The molecule has 1 N–H and O–H groups in total. The molecule has 6 heteroatoms. The van der Waals surface area contributed by atoms with Crippen LogP contribution in [0.1, 0.15) is 11.1 Å². The summed E-state index contributed by atoms with van der Waals surface area (Å²) < 4.78 is 5.44. The van der Waals surface area contributed by atoms with E-state index in [9.17, 15) is 14.4 Å². The molecule has 29 heavy (non-hydrogen) atoms. The van der Waals surface area contributed by atoms with Crippen LogP contribution in [0.15, 0.2) is 66.2 Å². The van der Waals surface area contributed by atoms with Crippen molar-refractivity contribution in [2.45, 2.75) is 6.92 Å². The number of barbiturate groups is 1.